The van der Waals surface area contributed by atoms with Crippen molar-refractivity contribution in [2.75, 3.05) is 7.11 Å². The quantitative estimate of drug-likeness (QED) is 0.586. The number of hydrogen-bond acceptors (Lipinski definition) is 3. The van der Waals surface area contributed by atoms with Crippen LogP contribution in [-0.4, -0.2) is 22.9 Å². The average Bonchev–Trinajstić information content (AvgIpc) is 2.28. The molecule has 0 atom stereocenters. The number of ether oxygens (including phenoxy) is 1. The molecule has 1 radical (unpaired) electrons. The summed E-state index contributed by atoms with van der Waals surface area (Å²) in [6, 6.07) is 0. The summed E-state index contributed by atoms with van der Waals surface area (Å²) in [6.07, 6.45) is 2.59. The van der Waals surface area contributed by atoms with Crippen molar-refractivity contribution < 1.29 is 9.53 Å². The molecule has 0 unspecified atom stereocenters. The highest BCUT2D eigenvalue weighted by molar-refractivity contribution is 6.32. The van der Waals surface area contributed by atoms with Crippen molar-refractivity contribution in [1.82, 2.24) is 9.78 Å². The molecule has 1 aromatic rings. The Morgan fingerprint density at radius 1 is 1.82 bits per heavy atom. The smallest absolute Gasteiger partial charge is 0.343 e. The van der Waals surface area contributed by atoms with Crippen LogP contribution in [0.2, 0.25) is 5.15 Å². The summed E-state index contributed by atoms with van der Waals surface area (Å²) in [6.45, 7) is 0. The van der Waals surface area contributed by atoms with Crippen molar-refractivity contribution >= 4 is 17.6 Å². The molecule has 1 aromatic heterocycles. The second-order valence-electron chi connectivity index (χ2n) is 1.89. The molecule has 0 saturated heterocycles. The third kappa shape index (κ3) is 1.51. The molecule has 1 rings (SSSR count). The Labute approximate surface area is 68.7 Å². The van der Waals surface area contributed by atoms with E-state index in [9.17, 15) is 4.79 Å². The molecule has 0 N–H and O–H groups in total. The Bertz CT molecular complexity index is 282. The van der Waals surface area contributed by atoms with Gasteiger partial charge in [-0.05, 0) is 0 Å². The fourth-order valence-corrected chi connectivity index (χ4v) is 0.879. The Kier molecular flexibility index (Phi) is 2.14. The van der Waals surface area contributed by atoms with Crippen LogP contribution >= 0.6 is 11.6 Å². The molecular weight excluding hydrogens is 168 g/mol. The molecule has 1 heterocycles. The van der Waals surface area contributed by atoms with Crippen LogP contribution in [0.15, 0.2) is 0 Å². The van der Waals surface area contributed by atoms with Crippen LogP contribution in [0, 0.1) is 6.20 Å². The van der Waals surface area contributed by atoms with Gasteiger partial charge in [-0.2, -0.15) is 5.10 Å². The Morgan fingerprint density at radius 2 is 2.45 bits per heavy atom. The second-order valence-corrected chi connectivity index (χ2v) is 2.25. The fraction of sp³-hybridized carbons (Fsp3) is 0.333. The van der Waals surface area contributed by atoms with E-state index in [1.165, 1.54) is 11.8 Å². The van der Waals surface area contributed by atoms with Gasteiger partial charge < -0.3 is 4.74 Å². The van der Waals surface area contributed by atoms with Crippen LogP contribution in [0.25, 0.3) is 0 Å². The first-order chi connectivity index (χ1) is 5.15. The Balaban J connectivity index is 3.03. The lowest BCUT2D eigenvalue weighted by Crippen LogP contribution is -2.00. The van der Waals surface area contributed by atoms with Crippen LogP contribution in [0.1, 0.15) is 10.4 Å². The minimum absolute atomic E-state index is 0.111. The molecule has 4 nitrogen and oxygen atoms in total. The van der Waals surface area contributed by atoms with Crippen molar-refractivity contribution in [3.63, 3.8) is 0 Å². The highest BCUT2D eigenvalue weighted by Crippen LogP contribution is 2.12. The molecular formula is C6H6ClN2O2. The Morgan fingerprint density at radius 3 is 2.82 bits per heavy atom. The van der Waals surface area contributed by atoms with Crippen LogP contribution in [-0.2, 0) is 11.8 Å². The first-order valence-electron chi connectivity index (χ1n) is 2.85. The highest BCUT2D eigenvalue weighted by Gasteiger charge is 2.14. The lowest BCUT2D eigenvalue weighted by Gasteiger charge is -1.91. The minimum Gasteiger partial charge on any atom is -0.465 e. The standard InChI is InChI=1S/C6H6ClN2O2/c1-9-3-4(5(7)8-9)6(10)11-2/h1-2H3. The summed E-state index contributed by atoms with van der Waals surface area (Å²) in [4.78, 5) is 10.9. The van der Waals surface area contributed by atoms with Crippen molar-refractivity contribution in [3.8, 4) is 0 Å². The molecule has 5 heteroatoms. The van der Waals surface area contributed by atoms with Crippen molar-refractivity contribution in [1.29, 1.82) is 0 Å². The lowest BCUT2D eigenvalue weighted by molar-refractivity contribution is 0.0600. The van der Waals surface area contributed by atoms with Gasteiger partial charge in [0.2, 0.25) is 0 Å². The summed E-state index contributed by atoms with van der Waals surface area (Å²) in [5.41, 5.74) is 0.164. The van der Waals surface area contributed by atoms with E-state index < -0.39 is 5.97 Å². The van der Waals surface area contributed by atoms with Gasteiger partial charge in [0.25, 0.3) is 0 Å². The third-order valence-electron chi connectivity index (χ3n) is 1.11. The van der Waals surface area contributed by atoms with Gasteiger partial charge in [-0.1, -0.05) is 11.6 Å². The number of carbonyl (C=O) groups excluding carboxylic acids is 1. The number of halogens is 1. The number of nitrogens with zero attached hydrogens (tertiary/aromatic N) is 2. The molecule has 0 fully saturated rings. The van der Waals surface area contributed by atoms with Gasteiger partial charge in [-0.15, -0.1) is 0 Å². The van der Waals surface area contributed by atoms with Gasteiger partial charge in [0.1, 0.15) is 11.8 Å². The molecule has 11 heavy (non-hydrogen) atoms. The molecule has 0 amide bonds. The van der Waals surface area contributed by atoms with E-state index in [-0.39, 0.29) is 10.7 Å². The van der Waals surface area contributed by atoms with E-state index >= 15 is 0 Å². The third-order valence-corrected chi connectivity index (χ3v) is 1.37. The number of esters is 1. The zero-order chi connectivity index (χ0) is 8.43. The predicted molar refractivity (Wildman–Crippen MR) is 38.4 cm³/mol. The van der Waals surface area contributed by atoms with Gasteiger partial charge in [0.05, 0.1) is 7.11 Å². The zero-order valence-corrected chi connectivity index (χ0v) is 6.84. The highest BCUT2D eigenvalue weighted by atomic mass is 35.5. The average molecular weight is 174 g/mol. The van der Waals surface area contributed by atoms with Gasteiger partial charge in [-0.3, -0.25) is 4.68 Å². The van der Waals surface area contributed by atoms with Gasteiger partial charge in [-0.25, -0.2) is 4.79 Å². The number of carbonyl (C=O) groups is 1. The molecule has 0 aliphatic heterocycles. The number of aromatic nitrogens is 2. The molecule has 0 spiro atoms. The van der Waals surface area contributed by atoms with E-state index in [0.717, 1.165) is 0 Å². The van der Waals surface area contributed by atoms with Gasteiger partial charge >= 0.3 is 5.97 Å². The van der Waals surface area contributed by atoms with E-state index in [0.29, 0.717) is 0 Å². The summed E-state index contributed by atoms with van der Waals surface area (Å²) in [7, 11) is 2.90. The fourth-order valence-electron chi connectivity index (χ4n) is 0.647. The van der Waals surface area contributed by atoms with Crippen LogP contribution in [0.3, 0.4) is 0 Å². The minimum atomic E-state index is -0.525. The van der Waals surface area contributed by atoms with Gasteiger partial charge in [0.15, 0.2) is 5.15 Å². The van der Waals surface area contributed by atoms with Crippen molar-refractivity contribution in [2.24, 2.45) is 7.05 Å². The lowest BCUT2D eigenvalue weighted by atomic mass is 10.4. The number of aryl methyl sites for hydroxylation is 1. The van der Waals surface area contributed by atoms with Crippen molar-refractivity contribution in [2.45, 2.75) is 0 Å². The van der Waals surface area contributed by atoms with E-state index in [1.54, 1.807) is 7.05 Å². The summed E-state index contributed by atoms with van der Waals surface area (Å²) >= 11 is 5.55. The van der Waals surface area contributed by atoms with Crippen LogP contribution in [0.4, 0.5) is 0 Å². The molecule has 0 aromatic carbocycles. The SMILES string of the molecule is COC(=O)c1[c]n(C)nc1Cl. The topological polar surface area (TPSA) is 44.1 Å². The largest absolute Gasteiger partial charge is 0.465 e. The molecule has 0 bridgehead atoms. The second kappa shape index (κ2) is 2.92. The monoisotopic (exact) mass is 173 g/mol. The summed E-state index contributed by atoms with van der Waals surface area (Å²) in [5, 5.41) is 3.82. The van der Waals surface area contributed by atoms with E-state index in [4.69, 9.17) is 11.6 Å². The number of methoxy groups -OCH3 is 1. The predicted octanol–water partition coefficient (Wildman–Crippen LogP) is 0.660. The van der Waals surface area contributed by atoms with E-state index in [2.05, 4.69) is 16.0 Å². The molecule has 59 valence electrons. The normalized spacial score (nSPS) is 9.73. The van der Waals surface area contributed by atoms with Crippen LogP contribution in [0.5, 0.6) is 0 Å². The molecule has 0 aliphatic rings. The summed E-state index contributed by atoms with van der Waals surface area (Å²) < 4.78 is 5.75. The molecule has 0 aliphatic carbocycles. The number of hydrogen-bond donors (Lipinski definition) is 0. The maximum absolute atomic E-state index is 10.9. The van der Waals surface area contributed by atoms with Gasteiger partial charge in [0, 0.05) is 7.05 Å². The number of rotatable bonds is 1. The summed E-state index contributed by atoms with van der Waals surface area (Å²) in [5.74, 6) is -0.525. The Hall–Kier alpha value is -1.03. The maximum Gasteiger partial charge on any atom is 0.343 e. The van der Waals surface area contributed by atoms with Crippen LogP contribution < -0.4 is 0 Å². The first-order valence-corrected chi connectivity index (χ1v) is 3.23. The van der Waals surface area contributed by atoms with E-state index in [1.807, 2.05) is 0 Å². The van der Waals surface area contributed by atoms with Crippen molar-refractivity contribution in [3.05, 3.63) is 16.9 Å². The first kappa shape index (κ1) is 8.07. The molecule has 0 saturated carbocycles. The maximum atomic E-state index is 10.9. The zero-order valence-electron chi connectivity index (χ0n) is 6.09.